The predicted octanol–water partition coefficient (Wildman–Crippen LogP) is 3.18. The van der Waals surface area contributed by atoms with E-state index < -0.39 is 0 Å². The Labute approximate surface area is 172 Å². The van der Waals surface area contributed by atoms with Gasteiger partial charge in [0.2, 0.25) is 5.91 Å². The molecule has 1 amide bonds. The van der Waals surface area contributed by atoms with Crippen molar-refractivity contribution in [1.82, 2.24) is 14.9 Å². The van der Waals surface area contributed by atoms with Crippen LogP contribution in [0.25, 0.3) is 10.2 Å². The first-order valence-electron chi connectivity index (χ1n) is 10.0. The molecule has 1 aliphatic rings. The van der Waals surface area contributed by atoms with Crippen molar-refractivity contribution in [2.45, 2.75) is 45.7 Å². The van der Waals surface area contributed by atoms with Crippen molar-refractivity contribution in [3.05, 3.63) is 67.7 Å². The number of hydrogen-bond donors (Lipinski definition) is 2. The van der Waals surface area contributed by atoms with E-state index in [1.54, 1.807) is 6.07 Å². The molecule has 2 aromatic heterocycles. The SMILES string of the molecule is Cc1ccc(CNC(=O)C2CCC(Cn3c(=O)[nH]c4ccsc4c3=O)CC2)cc1. The summed E-state index contributed by atoms with van der Waals surface area (Å²) in [6, 6.07) is 9.92. The number of aromatic amines is 1. The molecule has 0 unspecified atom stereocenters. The summed E-state index contributed by atoms with van der Waals surface area (Å²) in [5.41, 5.74) is 2.35. The zero-order valence-corrected chi connectivity index (χ0v) is 17.3. The third kappa shape index (κ3) is 4.34. The number of aryl methyl sites for hydroxylation is 1. The number of aromatic nitrogens is 2. The van der Waals surface area contributed by atoms with Crippen molar-refractivity contribution in [2.24, 2.45) is 11.8 Å². The summed E-state index contributed by atoms with van der Waals surface area (Å²) in [4.78, 5) is 40.2. The van der Waals surface area contributed by atoms with E-state index in [2.05, 4.69) is 10.3 Å². The van der Waals surface area contributed by atoms with Crippen LogP contribution in [0.15, 0.2) is 45.3 Å². The summed E-state index contributed by atoms with van der Waals surface area (Å²) in [7, 11) is 0. The maximum atomic E-state index is 12.6. The van der Waals surface area contributed by atoms with E-state index in [0.29, 0.717) is 23.3 Å². The topological polar surface area (TPSA) is 84.0 Å². The molecule has 29 heavy (non-hydrogen) atoms. The van der Waals surface area contributed by atoms with Crippen LogP contribution in [0.4, 0.5) is 0 Å². The van der Waals surface area contributed by atoms with Gasteiger partial charge in [0, 0.05) is 19.0 Å². The fraction of sp³-hybridized carbons (Fsp3) is 0.409. The highest BCUT2D eigenvalue weighted by atomic mass is 32.1. The van der Waals surface area contributed by atoms with Gasteiger partial charge in [-0.1, -0.05) is 29.8 Å². The van der Waals surface area contributed by atoms with Crippen molar-refractivity contribution < 1.29 is 4.79 Å². The van der Waals surface area contributed by atoms with Crippen molar-refractivity contribution in [2.75, 3.05) is 0 Å². The zero-order chi connectivity index (χ0) is 20.4. The van der Waals surface area contributed by atoms with Crippen LogP contribution >= 0.6 is 11.3 Å². The van der Waals surface area contributed by atoms with Crippen LogP contribution in [0.2, 0.25) is 0 Å². The van der Waals surface area contributed by atoms with E-state index in [0.717, 1.165) is 31.2 Å². The van der Waals surface area contributed by atoms with E-state index in [-0.39, 0.29) is 29.0 Å². The normalized spacial score (nSPS) is 19.3. The lowest BCUT2D eigenvalue weighted by Crippen LogP contribution is -2.38. The average Bonchev–Trinajstić information content (AvgIpc) is 3.19. The van der Waals surface area contributed by atoms with Gasteiger partial charge in [-0.05, 0) is 55.5 Å². The number of carbonyl (C=O) groups excluding carboxylic acids is 1. The van der Waals surface area contributed by atoms with Crippen molar-refractivity contribution in [3.8, 4) is 0 Å². The first-order valence-corrected chi connectivity index (χ1v) is 10.9. The molecule has 1 fully saturated rings. The minimum atomic E-state index is -0.348. The fourth-order valence-corrected chi connectivity index (χ4v) is 4.84. The van der Waals surface area contributed by atoms with Gasteiger partial charge in [-0.25, -0.2) is 4.79 Å². The summed E-state index contributed by atoms with van der Waals surface area (Å²) in [6.07, 6.45) is 3.27. The Morgan fingerprint density at radius 3 is 2.59 bits per heavy atom. The number of fused-ring (bicyclic) bond motifs is 1. The Morgan fingerprint density at radius 2 is 1.86 bits per heavy atom. The Hall–Kier alpha value is -2.67. The quantitative estimate of drug-likeness (QED) is 0.676. The predicted molar refractivity (Wildman–Crippen MR) is 115 cm³/mol. The van der Waals surface area contributed by atoms with Gasteiger partial charge in [-0.2, -0.15) is 0 Å². The Balaban J connectivity index is 1.32. The third-order valence-corrected chi connectivity index (χ3v) is 6.74. The molecular weight excluding hydrogens is 386 g/mol. The number of hydrogen-bond acceptors (Lipinski definition) is 4. The number of H-pyrrole nitrogens is 1. The third-order valence-electron chi connectivity index (χ3n) is 5.84. The lowest BCUT2D eigenvalue weighted by atomic mass is 9.81. The molecule has 1 saturated carbocycles. The second kappa shape index (κ2) is 8.37. The van der Waals surface area contributed by atoms with Crippen LogP contribution in [0.3, 0.4) is 0 Å². The lowest BCUT2D eigenvalue weighted by Gasteiger charge is -2.28. The number of thiophene rings is 1. The van der Waals surface area contributed by atoms with Crippen LogP contribution in [0.1, 0.15) is 36.8 Å². The molecule has 4 rings (SSSR count). The van der Waals surface area contributed by atoms with Gasteiger partial charge in [0.15, 0.2) is 0 Å². The van der Waals surface area contributed by atoms with Gasteiger partial charge in [-0.3, -0.25) is 14.2 Å². The first kappa shape index (κ1) is 19.6. The molecule has 1 aromatic carbocycles. The Kier molecular flexibility index (Phi) is 5.67. The highest BCUT2D eigenvalue weighted by molar-refractivity contribution is 7.17. The monoisotopic (exact) mass is 411 g/mol. The molecule has 2 heterocycles. The lowest BCUT2D eigenvalue weighted by molar-refractivity contribution is -0.126. The molecule has 0 bridgehead atoms. The molecule has 0 aliphatic heterocycles. The molecule has 7 heteroatoms. The van der Waals surface area contributed by atoms with Gasteiger partial charge in [-0.15, -0.1) is 11.3 Å². The number of benzene rings is 1. The molecule has 152 valence electrons. The zero-order valence-electron chi connectivity index (χ0n) is 16.4. The molecule has 1 aliphatic carbocycles. The van der Waals surface area contributed by atoms with Crippen molar-refractivity contribution >= 4 is 27.5 Å². The molecule has 2 N–H and O–H groups in total. The first-order chi connectivity index (χ1) is 14.0. The average molecular weight is 412 g/mol. The molecule has 6 nitrogen and oxygen atoms in total. The smallest absolute Gasteiger partial charge is 0.328 e. The summed E-state index contributed by atoms with van der Waals surface area (Å²) in [5.74, 6) is 0.345. The number of rotatable bonds is 5. The fourth-order valence-electron chi connectivity index (χ4n) is 4.04. The number of amides is 1. The molecular formula is C22H25N3O3S. The van der Waals surface area contributed by atoms with Gasteiger partial charge in [0.1, 0.15) is 4.70 Å². The van der Waals surface area contributed by atoms with Crippen molar-refractivity contribution in [1.29, 1.82) is 0 Å². The number of nitrogens with zero attached hydrogens (tertiary/aromatic N) is 1. The van der Waals surface area contributed by atoms with E-state index in [9.17, 15) is 14.4 Å². The summed E-state index contributed by atoms with van der Waals surface area (Å²) in [5, 5.41) is 4.85. The number of carbonyl (C=O) groups is 1. The minimum absolute atomic E-state index is 0.00600. The van der Waals surface area contributed by atoms with Gasteiger partial charge >= 0.3 is 5.69 Å². The molecule has 0 radical (unpaired) electrons. The van der Waals surface area contributed by atoms with E-state index in [1.807, 2.05) is 36.6 Å². The Bertz CT molecular complexity index is 1120. The van der Waals surface area contributed by atoms with Crippen LogP contribution in [0.5, 0.6) is 0 Å². The molecule has 0 spiro atoms. The second-order valence-electron chi connectivity index (χ2n) is 7.93. The van der Waals surface area contributed by atoms with E-state index in [1.165, 1.54) is 21.5 Å². The molecule has 3 aromatic rings. The Morgan fingerprint density at radius 1 is 1.14 bits per heavy atom. The summed E-state index contributed by atoms with van der Waals surface area (Å²) < 4.78 is 1.91. The summed E-state index contributed by atoms with van der Waals surface area (Å²) >= 11 is 1.35. The largest absolute Gasteiger partial charge is 0.352 e. The van der Waals surface area contributed by atoms with Crippen LogP contribution in [-0.4, -0.2) is 15.5 Å². The van der Waals surface area contributed by atoms with Crippen LogP contribution in [0, 0.1) is 18.8 Å². The maximum Gasteiger partial charge on any atom is 0.328 e. The highest BCUT2D eigenvalue weighted by Gasteiger charge is 2.27. The molecule has 0 atom stereocenters. The van der Waals surface area contributed by atoms with Crippen LogP contribution in [-0.2, 0) is 17.9 Å². The standard InChI is InChI=1S/C22H25N3O3S/c1-14-2-4-15(5-3-14)12-23-20(26)17-8-6-16(7-9-17)13-25-21(27)19-18(10-11-29-19)24-22(25)28/h2-5,10-11,16-17H,6-9,12-13H2,1H3,(H,23,26)(H,24,28). The minimum Gasteiger partial charge on any atom is -0.352 e. The second-order valence-corrected chi connectivity index (χ2v) is 8.85. The number of nitrogens with one attached hydrogen (secondary N) is 2. The van der Waals surface area contributed by atoms with Gasteiger partial charge < -0.3 is 10.3 Å². The van der Waals surface area contributed by atoms with E-state index in [4.69, 9.17) is 0 Å². The maximum absolute atomic E-state index is 12.6. The molecule has 0 saturated heterocycles. The highest BCUT2D eigenvalue weighted by Crippen LogP contribution is 2.29. The van der Waals surface area contributed by atoms with Gasteiger partial charge in [0.05, 0.1) is 5.52 Å². The van der Waals surface area contributed by atoms with Crippen molar-refractivity contribution in [3.63, 3.8) is 0 Å². The van der Waals surface area contributed by atoms with Crippen LogP contribution < -0.4 is 16.6 Å². The van der Waals surface area contributed by atoms with Gasteiger partial charge in [0.25, 0.3) is 5.56 Å². The van der Waals surface area contributed by atoms with E-state index >= 15 is 0 Å². The summed E-state index contributed by atoms with van der Waals surface area (Å²) in [6.45, 7) is 3.01.